The van der Waals surface area contributed by atoms with Crippen LogP contribution in [0.4, 0.5) is 0 Å². The third kappa shape index (κ3) is 3.60. The van der Waals surface area contributed by atoms with Crippen molar-refractivity contribution >= 4 is 17.7 Å². The van der Waals surface area contributed by atoms with E-state index in [1.54, 1.807) is 24.3 Å². The van der Waals surface area contributed by atoms with E-state index in [0.717, 1.165) is 4.90 Å². The van der Waals surface area contributed by atoms with Gasteiger partial charge in [0.05, 0.1) is 11.3 Å². The highest BCUT2D eigenvalue weighted by molar-refractivity contribution is 7.98. The van der Waals surface area contributed by atoms with Crippen LogP contribution in [0.3, 0.4) is 0 Å². The molecule has 2 aromatic rings. The number of carbonyl (C=O) groups is 1. The lowest BCUT2D eigenvalue weighted by molar-refractivity contribution is 0.0697. The van der Waals surface area contributed by atoms with Gasteiger partial charge in [0, 0.05) is 10.3 Å². The molecule has 0 unspecified atom stereocenters. The first-order valence-corrected chi connectivity index (χ1v) is 7.14. The van der Waals surface area contributed by atoms with Gasteiger partial charge in [-0.05, 0) is 24.3 Å². The van der Waals surface area contributed by atoms with Crippen LogP contribution in [0.1, 0.15) is 42.8 Å². The first-order chi connectivity index (χ1) is 9.36. The van der Waals surface area contributed by atoms with Gasteiger partial charge < -0.3 is 9.63 Å². The summed E-state index contributed by atoms with van der Waals surface area (Å²) in [6, 6.07) is 6.72. The van der Waals surface area contributed by atoms with E-state index in [1.165, 1.54) is 11.8 Å². The summed E-state index contributed by atoms with van der Waals surface area (Å²) in [5, 5.41) is 12.8. The number of thioether (sulfide) groups is 1. The average molecular weight is 292 g/mol. The molecule has 106 valence electrons. The minimum Gasteiger partial charge on any atom is -0.478 e. The van der Waals surface area contributed by atoms with Crippen LogP contribution in [0.2, 0.25) is 0 Å². The van der Waals surface area contributed by atoms with Crippen LogP contribution in [0.25, 0.3) is 0 Å². The number of hydrogen-bond donors (Lipinski definition) is 1. The number of rotatable bonds is 4. The number of hydrogen-bond acceptors (Lipinski definition) is 5. The van der Waals surface area contributed by atoms with E-state index in [9.17, 15) is 4.79 Å². The maximum Gasteiger partial charge on any atom is 0.335 e. The molecule has 1 heterocycles. The summed E-state index contributed by atoms with van der Waals surface area (Å²) in [7, 11) is 0. The highest BCUT2D eigenvalue weighted by Crippen LogP contribution is 2.24. The Bertz CT molecular complexity index is 600. The Hall–Kier alpha value is -1.82. The van der Waals surface area contributed by atoms with E-state index in [4.69, 9.17) is 9.63 Å². The van der Waals surface area contributed by atoms with Crippen molar-refractivity contribution in [3.63, 3.8) is 0 Å². The van der Waals surface area contributed by atoms with E-state index in [2.05, 4.69) is 10.1 Å². The number of nitrogens with zero attached hydrogens (tertiary/aromatic N) is 2. The molecule has 0 fully saturated rings. The minimum absolute atomic E-state index is 0.154. The zero-order chi connectivity index (χ0) is 14.8. The van der Waals surface area contributed by atoms with Crippen molar-refractivity contribution in [1.29, 1.82) is 0 Å². The van der Waals surface area contributed by atoms with Gasteiger partial charge in [-0.3, -0.25) is 0 Å². The number of benzene rings is 1. The summed E-state index contributed by atoms with van der Waals surface area (Å²) < 4.78 is 5.22. The molecule has 0 bridgehead atoms. The standard InChI is InChI=1S/C14H16N2O3S/c1-14(2,3)13-15-11(16-19-13)8-20-10-6-4-9(5-7-10)12(17)18/h4-7H,8H2,1-3H3,(H,17,18). The van der Waals surface area contributed by atoms with E-state index in [1.807, 2.05) is 20.8 Å². The molecule has 0 saturated carbocycles. The van der Waals surface area contributed by atoms with Gasteiger partial charge in [0.25, 0.3) is 0 Å². The quantitative estimate of drug-likeness (QED) is 0.871. The Morgan fingerprint density at radius 1 is 1.30 bits per heavy atom. The van der Waals surface area contributed by atoms with Gasteiger partial charge in [-0.15, -0.1) is 11.8 Å². The van der Waals surface area contributed by atoms with E-state index < -0.39 is 5.97 Å². The van der Waals surface area contributed by atoms with E-state index >= 15 is 0 Å². The Morgan fingerprint density at radius 2 is 1.95 bits per heavy atom. The predicted octanol–water partition coefficient (Wildman–Crippen LogP) is 3.36. The number of aromatic carboxylic acids is 1. The maximum atomic E-state index is 10.7. The van der Waals surface area contributed by atoms with Gasteiger partial charge in [-0.1, -0.05) is 25.9 Å². The topological polar surface area (TPSA) is 76.2 Å². The van der Waals surface area contributed by atoms with Crippen molar-refractivity contribution in [2.45, 2.75) is 36.8 Å². The number of carboxylic acid groups (broad SMARTS) is 1. The second-order valence-electron chi connectivity index (χ2n) is 5.38. The molecule has 0 atom stereocenters. The van der Waals surface area contributed by atoms with Gasteiger partial charge in [-0.2, -0.15) is 4.98 Å². The lowest BCUT2D eigenvalue weighted by atomic mass is 9.97. The van der Waals surface area contributed by atoms with Crippen LogP contribution >= 0.6 is 11.8 Å². The molecule has 0 spiro atoms. The Kier molecular flexibility index (Phi) is 4.13. The van der Waals surface area contributed by atoms with Crippen LogP contribution in [-0.4, -0.2) is 21.2 Å². The first kappa shape index (κ1) is 14.6. The summed E-state index contributed by atoms with van der Waals surface area (Å²) in [5.74, 6) is 0.928. The van der Waals surface area contributed by atoms with Gasteiger partial charge in [0.15, 0.2) is 5.82 Å². The summed E-state index contributed by atoms with van der Waals surface area (Å²) in [6.07, 6.45) is 0. The molecule has 0 aliphatic carbocycles. The molecule has 1 aromatic heterocycles. The second-order valence-corrected chi connectivity index (χ2v) is 6.43. The lowest BCUT2D eigenvalue weighted by Gasteiger charge is -2.10. The Morgan fingerprint density at radius 3 is 2.45 bits per heavy atom. The summed E-state index contributed by atoms with van der Waals surface area (Å²) in [4.78, 5) is 16.1. The summed E-state index contributed by atoms with van der Waals surface area (Å²) in [5.41, 5.74) is 0.128. The maximum absolute atomic E-state index is 10.7. The van der Waals surface area contributed by atoms with Gasteiger partial charge in [0.2, 0.25) is 5.89 Å². The number of carboxylic acids is 1. The largest absolute Gasteiger partial charge is 0.478 e. The summed E-state index contributed by atoms with van der Waals surface area (Å²) >= 11 is 1.54. The molecule has 1 aromatic carbocycles. The molecule has 0 aliphatic heterocycles. The van der Waals surface area contributed by atoms with Crippen LogP contribution < -0.4 is 0 Å². The normalized spacial score (nSPS) is 11.6. The molecule has 1 N–H and O–H groups in total. The van der Waals surface area contributed by atoms with Crippen molar-refractivity contribution < 1.29 is 14.4 Å². The van der Waals surface area contributed by atoms with Gasteiger partial charge in [-0.25, -0.2) is 4.79 Å². The van der Waals surface area contributed by atoms with Crippen LogP contribution in [-0.2, 0) is 11.2 Å². The van der Waals surface area contributed by atoms with Crippen LogP contribution in [0, 0.1) is 0 Å². The number of aromatic nitrogens is 2. The molecule has 0 aliphatic rings. The smallest absolute Gasteiger partial charge is 0.335 e. The molecular weight excluding hydrogens is 276 g/mol. The molecule has 6 heteroatoms. The fourth-order valence-electron chi connectivity index (χ4n) is 1.46. The van der Waals surface area contributed by atoms with Crippen molar-refractivity contribution in [2.24, 2.45) is 0 Å². The van der Waals surface area contributed by atoms with Crippen molar-refractivity contribution in [3.05, 3.63) is 41.5 Å². The fourth-order valence-corrected chi connectivity index (χ4v) is 2.20. The second kappa shape index (κ2) is 5.66. The van der Waals surface area contributed by atoms with Crippen molar-refractivity contribution in [1.82, 2.24) is 10.1 Å². The zero-order valence-electron chi connectivity index (χ0n) is 11.6. The highest BCUT2D eigenvalue weighted by Gasteiger charge is 2.21. The monoisotopic (exact) mass is 292 g/mol. The Balaban J connectivity index is 1.98. The van der Waals surface area contributed by atoms with E-state index in [-0.39, 0.29) is 11.0 Å². The lowest BCUT2D eigenvalue weighted by Crippen LogP contribution is -2.11. The van der Waals surface area contributed by atoms with Crippen LogP contribution in [0.15, 0.2) is 33.7 Å². The fraction of sp³-hybridized carbons (Fsp3) is 0.357. The third-order valence-electron chi connectivity index (χ3n) is 2.58. The minimum atomic E-state index is -0.922. The SMILES string of the molecule is CC(C)(C)c1nc(CSc2ccc(C(=O)O)cc2)no1. The van der Waals surface area contributed by atoms with Crippen molar-refractivity contribution in [3.8, 4) is 0 Å². The van der Waals surface area contributed by atoms with Crippen molar-refractivity contribution in [2.75, 3.05) is 0 Å². The van der Waals surface area contributed by atoms with Gasteiger partial charge in [0.1, 0.15) is 0 Å². The van der Waals surface area contributed by atoms with E-state index in [0.29, 0.717) is 17.5 Å². The molecule has 0 radical (unpaired) electrons. The predicted molar refractivity (Wildman–Crippen MR) is 76.0 cm³/mol. The molecule has 20 heavy (non-hydrogen) atoms. The highest BCUT2D eigenvalue weighted by atomic mass is 32.2. The average Bonchev–Trinajstić information content (AvgIpc) is 2.85. The Labute approximate surface area is 121 Å². The van der Waals surface area contributed by atoms with Gasteiger partial charge >= 0.3 is 5.97 Å². The van der Waals surface area contributed by atoms with Crippen LogP contribution in [0.5, 0.6) is 0 Å². The third-order valence-corrected chi connectivity index (χ3v) is 3.59. The zero-order valence-corrected chi connectivity index (χ0v) is 12.4. The molecular formula is C14H16N2O3S. The molecule has 5 nitrogen and oxygen atoms in total. The molecule has 0 amide bonds. The molecule has 0 saturated heterocycles. The summed E-state index contributed by atoms with van der Waals surface area (Å²) in [6.45, 7) is 6.05. The first-order valence-electron chi connectivity index (χ1n) is 6.15. The molecule has 2 rings (SSSR count).